The molecule has 0 unspecified atom stereocenters. The van der Waals surface area contributed by atoms with Crippen LogP contribution < -0.4 is 5.32 Å². The van der Waals surface area contributed by atoms with Gasteiger partial charge in [-0.2, -0.15) is 4.31 Å². The number of rotatable bonds is 8. The SMILES string of the molecule is CC(C)CN(CCS(=O)(=O)N1CCNCC1)C(=O)Cc1cccs1. The third-order valence-corrected chi connectivity index (χ3v) is 6.66. The first kappa shape index (κ1) is 19.4. The zero-order valence-electron chi connectivity index (χ0n) is 14.4. The lowest BCUT2D eigenvalue weighted by molar-refractivity contribution is -0.130. The summed E-state index contributed by atoms with van der Waals surface area (Å²) in [6, 6.07) is 3.86. The molecule has 1 N–H and O–H groups in total. The number of hydrogen-bond donors (Lipinski definition) is 1. The number of carbonyl (C=O) groups is 1. The quantitative estimate of drug-likeness (QED) is 0.738. The molecule has 2 rings (SSSR count). The van der Waals surface area contributed by atoms with Crippen LogP contribution in [0.2, 0.25) is 0 Å². The van der Waals surface area contributed by atoms with Crippen LogP contribution in [0.5, 0.6) is 0 Å². The standard InChI is InChI=1S/C16H27N3O3S2/c1-14(2)13-18(16(20)12-15-4-3-10-23-15)9-11-24(21,22)19-7-5-17-6-8-19/h3-4,10,14,17H,5-9,11-13H2,1-2H3. The number of sulfonamides is 1. The molecule has 1 aliphatic heterocycles. The third-order valence-electron chi connectivity index (χ3n) is 3.93. The van der Waals surface area contributed by atoms with E-state index in [0.29, 0.717) is 45.1 Å². The molecule has 24 heavy (non-hydrogen) atoms. The van der Waals surface area contributed by atoms with Crippen molar-refractivity contribution >= 4 is 27.3 Å². The number of hydrogen-bond acceptors (Lipinski definition) is 5. The number of piperazine rings is 1. The molecule has 0 aliphatic carbocycles. The molecule has 2 heterocycles. The molecule has 1 aromatic rings. The topological polar surface area (TPSA) is 69.7 Å². The molecule has 6 nitrogen and oxygen atoms in total. The average Bonchev–Trinajstić information content (AvgIpc) is 3.05. The highest BCUT2D eigenvalue weighted by Crippen LogP contribution is 2.12. The van der Waals surface area contributed by atoms with Crippen LogP contribution in [0.15, 0.2) is 17.5 Å². The lowest BCUT2D eigenvalue weighted by atomic mass is 10.2. The van der Waals surface area contributed by atoms with E-state index in [1.165, 1.54) is 4.31 Å². The zero-order valence-corrected chi connectivity index (χ0v) is 16.0. The van der Waals surface area contributed by atoms with Gasteiger partial charge in [0, 0.05) is 44.1 Å². The van der Waals surface area contributed by atoms with Crippen molar-refractivity contribution in [1.29, 1.82) is 0 Å². The Morgan fingerprint density at radius 2 is 2.08 bits per heavy atom. The normalized spacial score (nSPS) is 16.5. The predicted octanol–water partition coefficient (Wildman–Crippen LogP) is 1.01. The van der Waals surface area contributed by atoms with Gasteiger partial charge in [-0.15, -0.1) is 11.3 Å². The highest BCUT2D eigenvalue weighted by Gasteiger charge is 2.25. The lowest BCUT2D eigenvalue weighted by Crippen LogP contribution is -2.48. The number of thiophene rings is 1. The van der Waals surface area contributed by atoms with Crippen molar-refractivity contribution in [1.82, 2.24) is 14.5 Å². The van der Waals surface area contributed by atoms with E-state index in [-0.39, 0.29) is 18.2 Å². The van der Waals surface area contributed by atoms with E-state index in [4.69, 9.17) is 0 Å². The summed E-state index contributed by atoms with van der Waals surface area (Å²) in [5.41, 5.74) is 0. The number of nitrogens with zero attached hydrogens (tertiary/aromatic N) is 2. The molecule has 0 aromatic carbocycles. The van der Waals surface area contributed by atoms with Crippen LogP contribution >= 0.6 is 11.3 Å². The minimum Gasteiger partial charge on any atom is -0.341 e. The second-order valence-corrected chi connectivity index (χ2v) is 9.58. The summed E-state index contributed by atoms with van der Waals surface area (Å²) in [6.45, 7) is 7.31. The fourth-order valence-electron chi connectivity index (χ4n) is 2.71. The van der Waals surface area contributed by atoms with E-state index in [2.05, 4.69) is 5.32 Å². The van der Waals surface area contributed by atoms with Crippen LogP contribution in [0.3, 0.4) is 0 Å². The number of carbonyl (C=O) groups excluding carboxylic acids is 1. The van der Waals surface area contributed by atoms with Crippen LogP contribution in [0.25, 0.3) is 0 Å². The maximum atomic E-state index is 12.6. The Balaban J connectivity index is 1.96. The van der Waals surface area contributed by atoms with Gasteiger partial charge in [-0.3, -0.25) is 4.79 Å². The van der Waals surface area contributed by atoms with Crippen molar-refractivity contribution in [3.63, 3.8) is 0 Å². The van der Waals surface area contributed by atoms with Crippen LogP contribution in [-0.4, -0.2) is 68.6 Å². The average molecular weight is 374 g/mol. The smallest absolute Gasteiger partial charge is 0.227 e. The van der Waals surface area contributed by atoms with Crippen molar-refractivity contribution in [3.8, 4) is 0 Å². The highest BCUT2D eigenvalue weighted by molar-refractivity contribution is 7.89. The Morgan fingerprint density at radius 3 is 2.67 bits per heavy atom. The van der Waals surface area contributed by atoms with Gasteiger partial charge in [-0.1, -0.05) is 19.9 Å². The summed E-state index contributed by atoms with van der Waals surface area (Å²) < 4.78 is 26.5. The van der Waals surface area contributed by atoms with Crippen LogP contribution in [0.1, 0.15) is 18.7 Å². The van der Waals surface area contributed by atoms with Crippen molar-refractivity contribution in [3.05, 3.63) is 22.4 Å². The third kappa shape index (κ3) is 5.84. The molecule has 0 spiro atoms. The Kier molecular flexibility index (Phi) is 7.21. The number of nitrogens with one attached hydrogen (secondary N) is 1. The maximum Gasteiger partial charge on any atom is 0.227 e. The molecule has 0 saturated carbocycles. The Labute approximate surface area is 148 Å². The second kappa shape index (κ2) is 8.94. The van der Waals surface area contributed by atoms with Gasteiger partial charge in [0.15, 0.2) is 0 Å². The lowest BCUT2D eigenvalue weighted by Gasteiger charge is -2.29. The van der Waals surface area contributed by atoms with Crippen molar-refractivity contribution in [2.24, 2.45) is 5.92 Å². The van der Waals surface area contributed by atoms with Gasteiger partial charge >= 0.3 is 0 Å². The van der Waals surface area contributed by atoms with Crippen LogP contribution in [0.4, 0.5) is 0 Å². The Bertz CT molecular complexity index is 609. The molecular weight excluding hydrogens is 346 g/mol. The van der Waals surface area contributed by atoms with E-state index in [9.17, 15) is 13.2 Å². The summed E-state index contributed by atoms with van der Waals surface area (Å²) in [6.07, 6.45) is 0.345. The molecule has 1 fully saturated rings. The van der Waals surface area contributed by atoms with E-state index in [1.54, 1.807) is 16.2 Å². The largest absolute Gasteiger partial charge is 0.341 e. The van der Waals surface area contributed by atoms with Crippen LogP contribution in [-0.2, 0) is 21.2 Å². The first-order valence-corrected chi connectivity index (χ1v) is 10.9. The van der Waals surface area contributed by atoms with Gasteiger partial charge in [0.2, 0.25) is 15.9 Å². The molecule has 1 aliphatic rings. The van der Waals surface area contributed by atoms with Crippen molar-refractivity contribution in [2.45, 2.75) is 20.3 Å². The molecular formula is C16H27N3O3S2. The Morgan fingerprint density at radius 1 is 1.38 bits per heavy atom. The fourth-order valence-corrected chi connectivity index (χ4v) is 4.85. The fraction of sp³-hybridized carbons (Fsp3) is 0.688. The van der Waals surface area contributed by atoms with Gasteiger partial charge in [0.1, 0.15) is 0 Å². The van der Waals surface area contributed by atoms with E-state index < -0.39 is 10.0 Å². The van der Waals surface area contributed by atoms with E-state index in [0.717, 1.165) is 4.88 Å². The molecule has 0 bridgehead atoms. The van der Waals surface area contributed by atoms with Gasteiger partial charge in [0.25, 0.3) is 0 Å². The minimum absolute atomic E-state index is 0.00154. The van der Waals surface area contributed by atoms with E-state index >= 15 is 0 Å². The highest BCUT2D eigenvalue weighted by atomic mass is 32.2. The van der Waals surface area contributed by atoms with Gasteiger partial charge in [0.05, 0.1) is 12.2 Å². The van der Waals surface area contributed by atoms with Crippen LogP contribution in [0, 0.1) is 5.92 Å². The summed E-state index contributed by atoms with van der Waals surface area (Å²) >= 11 is 1.55. The van der Waals surface area contributed by atoms with Crippen molar-refractivity contribution in [2.75, 3.05) is 45.0 Å². The first-order valence-electron chi connectivity index (χ1n) is 8.37. The molecule has 0 atom stereocenters. The van der Waals surface area contributed by atoms with E-state index in [1.807, 2.05) is 31.4 Å². The Hall–Kier alpha value is -0.960. The molecule has 1 aromatic heterocycles. The van der Waals surface area contributed by atoms with Gasteiger partial charge in [-0.25, -0.2) is 8.42 Å². The molecule has 136 valence electrons. The van der Waals surface area contributed by atoms with Gasteiger partial charge < -0.3 is 10.2 Å². The minimum atomic E-state index is -3.31. The van der Waals surface area contributed by atoms with Crippen molar-refractivity contribution < 1.29 is 13.2 Å². The zero-order chi connectivity index (χ0) is 17.6. The second-order valence-electron chi connectivity index (χ2n) is 6.45. The molecule has 1 amide bonds. The monoisotopic (exact) mass is 373 g/mol. The predicted molar refractivity (Wildman–Crippen MR) is 97.7 cm³/mol. The summed E-state index contributed by atoms with van der Waals surface area (Å²) in [5.74, 6) is 0.302. The molecule has 8 heteroatoms. The molecule has 0 radical (unpaired) electrons. The number of amides is 1. The summed E-state index contributed by atoms with van der Waals surface area (Å²) in [7, 11) is -3.31. The van der Waals surface area contributed by atoms with Gasteiger partial charge in [-0.05, 0) is 17.4 Å². The summed E-state index contributed by atoms with van der Waals surface area (Å²) in [4.78, 5) is 15.3. The maximum absolute atomic E-state index is 12.6. The molecule has 1 saturated heterocycles. The first-order chi connectivity index (χ1) is 11.4. The summed E-state index contributed by atoms with van der Waals surface area (Å²) in [5, 5.41) is 5.10.